The first-order chi connectivity index (χ1) is 57.8. The zero-order chi connectivity index (χ0) is 88.5. The maximum absolute atomic E-state index is 12.0. The minimum Gasteiger partial charge on any atom is -0.440 e. The summed E-state index contributed by atoms with van der Waals surface area (Å²) in [5, 5.41) is 27.6. The Morgan fingerprint density at radius 1 is 0.438 bits per heavy atom. The molecule has 0 fully saturated rings. The summed E-state index contributed by atoms with van der Waals surface area (Å²) in [6.45, 7) is 51.3. The van der Waals surface area contributed by atoms with Crippen LogP contribution in [-0.2, 0) is 6.54 Å². The van der Waals surface area contributed by atoms with Crippen molar-refractivity contribution in [2.75, 3.05) is 6.54 Å². The van der Waals surface area contributed by atoms with Gasteiger partial charge in [0.15, 0.2) is 22.9 Å². The lowest BCUT2D eigenvalue weighted by Gasteiger charge is -2.32. The van der Waals surface area contributed by atoms with Crippen molar-refractivity contribution in [3.8, 4) is 0 Å². The Hall–Kier alpha value is -12.8. The Morgan fingerprint density at radius 3 is 1.55 bits per heavy atom. The molecule has 13 aromatic heterocycles. The Labute approximate surface area is 711 Å². The number of nitrogens with one attached hydrogen (secondary N) is 4. The van der Waals surface area contributed by atoms with Gasteiger partial charge in [0.1, 0.15) is 52.2 Å². The van der Waals surface area contributed by atoms with Crippen LogP contribution in [0.4, 0.5) is 0 Å². The highest BCUT2D eigenvalue weighted by molar-refractivity contribution is 5.93. The third-order valence-corrected chi connectivity index (χ3v) is 17.8. The summed E-state index contributed by atoms with van der Waals surface area (Å²) in [6.07, 6.45) is 16.9. The van der Waals surface area contributed by atoms with E-state index in [1.54, 1.807) is 52.6 Å². The lowest BCUT2D eigenvalue weighted by Crippen LogP contribution is -2.47. The molecule has 0 atom stereocenters. The number of carbonyl (C=O) groups excluding carboxylic acids is 1. The molecule has 644 valence electrons. The molecule has 1 amide bonds. The van der Waals surface area contributed by atoms with Crippen molar-refractivity contribution in [1.29, 1.82) is 0 Å². The SMILES string of the molecule is CC(C)N1CCn2c(cccc2=O)C1=O.CC(C)c1ccccc1.CC(C)c1ccn[nH]1.CC(C)c1ccno1.CC(C)c1cnc2ccccn12.CC(C)c1nc2ccccc2[nH]1.CC(C)c1nc2ccccc2o1.CC(C)c1nc2ncccc2[nH]1.CC(C)c1ncccn1.CC(C)c1ncn[nH]1.CC(C)c1ncon1.CC(C)c1nnco1. The Morgan fingerprint density at radius 2 is 1.07 bits per heavy atom. The number of carbonyl (C=O) groups is 1. The predicted molar refractivity (Wildman–Crippen MR) is 480 cm³/mol. The number of H-pyrrole nitrogens is 4. The summed E-state index contributed by atoms with van der Waals surface area (Å²) >= 11 is 0. The summed E-state index contributed by atoms with van der Waals surface area (Å²) < 4.78 is 23.4. The van der Waals surface area contributed by atoms with E-state index < -0.39 is 0 Å². The van der Waals surface area contributed by atoms with E-state index in [2.05, 4.69) is 260 Å². The van der Waals surface area contributed by atoms with Gasteiger partial charge in [-0.2, -0.15) is 15.2 Å². The first-order valence-electron chi connectivity index (χ1n) is 41.5. The van der Waals surface area contributed by atoms with Gasteiger partial charge in [0.25, 0.3) is 11.5 Å². The van der Waals surface area contributed by atoms with Crippen molar-refractivity contribution in [2.45, 2.75) is 244 Å². The number of nitrogens with zero attached hydrogens (tertiary/aromatic N) is 18. The number of aromatic amines is 4. The molecule has 4 N–H and O–H groups in total. The van der Waals surface area contributed by atoms with Crippen molar-refractivity contribution in [3.63, 3.8) is 0 Å². The number of hydrogen-bond acceptors (Lipinski definition) is 21. The summed E-state index contributed by atoms with van der Waals surface area (Å²) in [6, 6.07) is 47.1. The number of hydrogen-bond donors (Lipinski definition) is 4. The summed E-state index contributed by atoms with van der Waals surface area (Å²) in [5.41, 5.74) is 11.1. The van der Waals surface area contributed by atoms with Gasteiger partial charge in [-0.15, -0.1) is 10.2 Å². The molecule has 17 rings (SSSR count). The van der Waals surface area contributed by atoms with Gasteiger partial charge in [0.05, 0.1) is 22.7 Å². The van der Waals surface area contributed by atoms with E-state index in [9.17, 15) is 9.59 Å². The van der Waals surface area contributed by atoms with E-state index in [0.717, 1.165) is 79.7 Å². The highest BCUT2D eigenvalue weighted by Gasteiger charge is 2.26. The highest BCUT2D eigenvalue weighted by atomic mass is 16.5. The summed E-state index contributed by atoms with van der Waals surface area (Å²) in [7, 11) is 0. The van der Waals surface area contributed by atoms with Gasteiger partial charge in [-0.05, 0) is 104 Å². The number of fused-ring (bicyclic) bond motifs is 5. The van der Waals surface area contributed by atoms with Crippen LogP contribution in [0.3, 0.4) is 0 Å². The third-order valence-electron chi connectivity index (χ3n) is 17.8. The fourth-order valence-corrected chi connectivity index (χ4v) is 10.7. The van der Waals surface area contributed by atoms with Crippen molar-refractivity contribution in [2.24, 2.45) is 0 Å². The van der Waals surface area contributed by atoms with Gasteiger partial charge >= 0.3 is 0 Å². The summed E-state index contributed by atoms with van der Waals surface area (Å²) in [5.74, 6) is 12.2. The standard InChI is InChI=1S/C11H14N2O2.2C10H12N2.C10H11NO.C9H11N3.C9H12.C7H10N2.C6H10N2.C6H9NO.C5H9N3.2C5H8N2O/c1-8(2)12-6-7-13-9(11(12)15)4-3-5-10(13)14;1-8(2)9-7-11-10-5-3-4-6-12(9)10;2*1-7(2)10-11-8-5-3-4-6-9(8)12-10;1-6(2)8-11-7-4-3-5-10-9(7)12-8;1-8(2)9-6-4-3-5-7-9;1-6(2)7-8-4-3-5-9-7;2*1-5(2)6-3-4-7-8-6;1-4(2)5-6-3-7-8-5;1-4(2)5-7-6-3-8-5;1-4(2)5-6-3-8-7-5/h3-5,8H,6-7H2,1-2H3;3-8H,1-2H3;3-7H,1-2H3,(H,11,12);3-7H,1-2H3;3-6H,1-2H3,(H,10,11,12);3-8H,1-2H3;3-6H,1-2H3;3-5H,1-2H3,(H,7,8);3-5H,1-2H3;3-4H,1-2H3,(H,6,7,8);2*3-4H,1-2H3. The van der Waals surface area contributed by atoms with Crippen LogP contribution in [0.15, 0.2) is 231 Å². The number of benzene rings is 3. The molecule has 0 spiro atoms. The van der Waals surface area contributed by atoms with Gasteiger partial charge in [0.2, 0.25) is 18.7 Å². The third kappa shape index (κ3) is 32.8. The van der Waals surface area contributed by atoms with Gasteiger partial charge < -0.3 is 41.7 Å². The largest absolute Gasteiger partial charge is 0.440 e. The number of imidazole rings is 3. The van der Waals surface area contributed by atoms with Gasteiger partial charge in [-0.25, -0.2) is 39.9 Å². The number of para-hydroxylation sites is 4. The minimum absolute atomic E-state index is 0.0473. The minimum atomic E-state index is -0.0933. The molecule has 28 heteroatoms. The lowest BCUT2D eigenvalue weighted by molar-refractivity contribution is 0.0644. The number of amides is 1. The topological polar surface area (TPSA) is 356 Å². The van der Waals surface area contributed by atoms with E-state index in [4.69, 9.17) is 13.4 Å². The first kappa shape index (κ1) is 97.1. The number of aromatic nitrogens is 21. The average molecular weight is 1650 g/mol. The van der Waals surface area contributed by atoms with Gasteiger partial charge in [-0.1, -0.05) is 229 Å². The molecule has 3 aromatic carbocycles. The van der Waals surface area contributed by atoms with Crippen LogP contribution in [0.5, 0.6) is 0 Å². The molecule has 1 aliphatic rings. The van der Waals surface area contributed by atoms with E-state index >= 15 is 0 Å². The quantitative estimate of drug-likeness (QED) is 0.0882. The second kappa shape index (κ2) is 50.9. The molecule has 28 nitrogen and oxygen atoms in total. The van der Waals surface area contributed by atoms with Crippen molar-refractivity contribution in [3.05, 3.63) is 288 Å². The Bertz CT molecular complexity index is 4870. The van der Waals surface area contributed by atoms with Crippen molar-refractivity contribution >= 4 is 44.9 Å². The van der Waals surface area contributed by atoms with Crippen LogP contribution in [0.2, 0.25) is 0 Å². The van der Waals surface area contributed by atoms with Crippen LogP contribution >= 0.6 is 0 Å². The maximum Gasteiger partial charge on any atom is 0.270 e. The molecule has 0 unspecified atom stereocenters. The van der Waals surface area contributed by atoms with Crippen LogP contribution in [0.1, 0.15) is 305 Å². The van der Waals surface area contributed by atoms with E-state index in [1.165, 1.54) is 42.1 Å². The van der Waals surface area contributed by atoms with Gasteiger partial charge in [0, 0.05) is 127 Å². The average Bonchev–Trinajstić information content (AvgIpc) is 1.78. The first-order valence-corrected chi connectivity index (χ1v) is 41.5. The van der Waals surface area contributed by atoms with Crippen LogP contribution in [-0.4, -0.2) is 128 Å². The number of rotatable bonds is 12. The molecule has 0 radical (unpaired) electrons. The number of oxazole rings is 1. The van der Waals surface area contributed by atoms with E-state index in [0.29, 0.717) is 89.8 Å². The molecule has 0 saturated heterocycles. The molecule has 1 aliphatic heterocycles. The van der Waals surface area contributed by atoms with Crippen LogP contribution in [0, 0.1) is 0 Å². The zero-order valence-corrected chi connectivity index (χ0v) is 75.0. The van der Waals surface area contributed by atoms with Crippen LogP contribution < -0.4 is 5.56 Å². The van der Waals surface area contributed by atoms with Crippen molar-refractivity contribution in [1.82, 2.24) is 110 Å². The zero-order valence-electron chi connectivity index (χ0n) is 75.0. The summed E-state index contributed by atoms with van der Waals surface area (Å²) in [4.78, 5) is 69.3. The molecule has 0 aliphatic carbocycles. The Balaban J connectivity index is 0.000000206. The fraction of sp³-hybridized carbons (Fsp3) is 0.409. The molecule has 0 bridgehead atoms. The molecule has 121 heavy (non-hydrogen) atoms. The van der Waals surface area contributed by atoms with Crippen LogP contribution in [0.25, 0.3) is 38.9 Å². The fourth-order valence-electron chi connectivity index (χ4n) is 10.7. The molecule has 14 heterocycles. The Kier molecular flexibility index (Phi) is 40.8. The smallest absolute Gasteiger partial charge is 0.270 e. The van der Waals surface area contributed by atoms with E-state index in [-0.39, 0.29) is 17.5 Å². The monoisotopic (exact) mass is 1650 g/mol. The van der Waals surface area contributed by atoms with E-state index in [1.807, 2.05) is 151 Å². The molecule has 0 saturated carbocycles. The normalized spacial score (nSPS) is 11.3. The molecule has 16 aromatic rings. The number of pyridine rings is 3. The highest BCUT2D eigenvalue weighted by Crippen LogP contribution is 2.23. The van der Waals surface area contributed by atoms with Crippen molar-refractivity contribution < 1.29 is 22.7 Å². The van der Waals surface area contributed by atoms with Gasteiger partial charge in [-0.3, -0.25) is 19.8 Å². The lowest BCUT2D eigenvalue weighted by atomic mass is 10.0. The molecular formula is C93H126N22O6. The second-order valence-electron chi connectivity index (χ2n) is 31.8. The second-order valence-corrected chi connectivity index (χ2v) is 31.8. The maximum atomic E-state index is 12.0. The molecular weight excluding hydrogens is 1520 g/mol. The predicted octanol–water partition coefficient (Wildman–Crippen LogP) is 21.9.